The molecule has 14 heteroatoms. The van der Waals surface area contributed by atoms with Gasteiger partial charge in [-0.1, -0.05) is 17.7 Å². The Morgan fingerprint density at radius 3 is 2.41 bits per heavy atom. The lowest BCUT2D eigenvalue weighted by molar-refractivity contribution is -0.162. The number of halogens is 5. The summed E-state index contributed by atoms with van der Waals surface area (Å²) >= 11 is 6.20. The first-order valence-corrected chi connectivity index (χ1v) is 15.3. The van der Waals surface area contributed by atoms with Gasteiger partial charge in [0.05, 0.1) is 20.2 Å². The number of nitrogens with zero attached hydrogens (tertiary/aromatic N) is 5. The molecule has 0 N–H and O–H groups in total. The van der Waals surface area contributed by atoms with E-state index in [0.717, 1.165) is 0 Å². The summed E-state index contributed by atoms with van der Waals surface area (Å²) in [6.45, 7) is 0.777. The number of alkyl halides is 3. The zero-order chi connectivity index (χ0) is 33.2. The Morgan fingerprint density at radius 2 is 1.76 bits per heavy atom. The number of aryl methyl sites for hydroxylation is 1. The van der Waals surface area contributed by atoms with Crippen LogP contribution in [0.4, 0.5) is 29.1 Å². The van der Waals surface area contributed by atoms with Crippen LogP contribution in [-0.4, -0.2) is 79.0 Å². The van der Waals surface area contributed by atoms with Crippen molar-refractivity contribution in [2.45, 2.75) is 31.4 Å². The van der Waals surface area contributed by atoms with E-state index >= 15 is 9.18 Å². The van der Waals surface area contributed by atoms with Crippen molar-refractivity contribution in [2.75, 3.05) is 51.3 Å². The van der Waals surface area contributed by atoms with Gasteiger partial charge in [-0.15, -0.1) is 0 Å². The number of hydrogen-bond donors (Lipinski definition) is 0. The van der Waals surface area contributed by atoms with Crippen molar-refractivity contribution in [3.8, 4) is 5.75 Å². The molecule has 1 aromatic heterocycles. The van der Waals surface area contributed by atoms with E-state index in [1.807, 2.05) is 4.90 Å². The van der Waals surface area contributed by atoms with Gasteiger partial charge < -0.3 is 14.5 Å². The topological polar surface area (TPSA) is 84.7 Å². The summed E-state index contributed by atoms with van der Waals surface area (Å²) in [4.78, 5) is 42.8. The Morgan fingerprint density at radius 1 is 1.02 bits per heavy atom. The van der Waals surface area contributed by atoms with Gasteiger partial charge in [0, 0.05) is 61.9 Å². The summed E-state index contributed by atoms with van der Waals surface area (Å²) < 4.78 is 61.2. The fourth-order valence-electron chi connectivity index (χ4n) is 6.53. The van der Waals surface area contributed by atoms with Crippen molar-refractivity contribution in [1.82, 2.24) is 19.2 Å². The van der Waals surface area contributed by atoms with Gasteiger partial charge in [0.1, 0.15) is 42.0 Å². The number of quaternary nitrogens is 1. The van der Waals surface area contributed by atoms with Gasteiger partial charge in [0.15, 0.2) is 0 Å². The number of amides is 2. The molecule has 2 aliphatic heterocycles. The third-order valence-corrected chi connectivity index (χ3v) is 9.18. The van der Waals surface area contributed by atoms with Gasteiger partial charge in [0.2, 0.25) is 5.91 Å². The molecule has 1 unspecified atom stereocenters. The number of aromatic nitrogens is 2. The Bertz CT molecular complexity index is 1650. The highest BCUT2D eigenvalue weighted by Crippen LogP contribution is 2.41. The first-order valence-electron chi connectivity index (χ1n) is 15.0. The summed E-state index contributed by atoms with van der Waals surface area (Å²) in [7, 11) is 2.94. The van der Waals surface area contributed by atoms with Crippen LogP contribution < -0.4 is 19.7 Å². The molecule has 0 bridgehead atoms. The van der Waals surface area contributed by atoms with Crippen LogP contribution in [-0.2, 0) is 16.6 Å². The maximum absolute atomic E-state index is 15.6. The quantitative estimate of drug-likeness (QED) is 0.275. The number of carbonyl (C=O) groups is 2. The maximum atomic E-state index is 15.6. The second-order valence-corrected chi connectivity index (χ2v) is 12.2. The first kappa shape index (κ1) is 33.4. The number of carbonyl (C=O) groups excluding carboxylic acids is 2. The van der Waals surface area contributed by atoms with Crippen molar-refractivity contribution in [1.29, 1.82) is 0 Å². The molecule has 246 valence electrons. The lowest BCUT2D eigenvalue weighted by Gasteiger charge is -2.41. The van der Waals surface area contributed by atoms with Crippen LogP contribution in [0.5, 0.6) is 5.75 Å². The smallest absolute Gasteiger partial charge is 0.397 e. The fraction of sp³-hybridized carbons (Fsp3) is 0.438. The molecule has 0 saturated carbocycles. The SMILES string of the molecule is COc1ccc([C@@H]2CN(c3ccc(=O)n(C)n3)C[C@H]2C(=O)[N+]2(c3ccc(Cl)cc3)CCCCN(C(=O)CC(F)(F)F)CC2)c(F)c1. The molecule has 9 nitrogen and oxygen atoms in total. The minimum atomic E-state index is -4.66. The van der Waals surface area contributed by atoms with Crippen LogP contribution in [0, 0.1) is 11.7 Å². The molecule has 2 amide bonds. The van der Waals surface area contributed by atoms with Crippen LogP contribution >= 0.6 is 11.6 Å². The van der Waals surface area contributed by atoms with Crippen LogP contribution in [0.3, 0.4) is 0 Å². The summed E-state index contributed by atoms with van der Waals surface area (Å²) in [5.74, 6) is -2.54. The van der Waals surface area contributed by atoms with Gasteiger partial charge in [-0.25, -0.2) is 18.3 Å². The standard InChI is InChI=1S/C32H35ClF4N5O4/c1-39-29(43)12-11-28(38-39)41-19-25(24-10-9-23(46-2)17-27(24)34)26(20-41)31(45)42(22-7-5-21(33)6-8-22)15-4-3-13-40(14-16-42)30(44)18-32(35,36)37/h5-12,17,25-26H,3-4,13-16,18-20H2,1-2H3/q+1/t25-,26+,42?/m0/s1. The molecule has 3 atom stereocenters. The molecule has 2 aliphatic rings. The Labute approximate surface area is 268 Å². The second kappa shape index (κ2) is 13.4. The van der Waals surface area contributed by atoms with Crippen molar-refractivity contribution in [3.05, 3.63) is 81.4 Å². The molecule has 5 rings (SSSR count). The van der Waals surface area contributed by atoms with Gasteiger partial charge in [0.25, 0.3) is 5.56 Å². The van der Waals surface area contributed by atoms with Crippen molar-refractivity contribution >= 4 is 34.9 Å². The lowest BCUT2D eigenvalue weighted by Crippen LogP contribution is -2.62. The highest BCUT2D eigenvalue weighted by Gasteiger charge is 2.51. The zero-order valence-electron chi connectivity index (χ0n) is 25.5. The van der Waals surface area contributed by atoms with E-state index in [1.165, 1.54) is 35.9 Å². The maximum Gasteiger partial charge on any atom is 0.397 e. The normalized spacial score (nSPS) is 22.3. The predicted octanol–water partition coefficient (Wildman–Crippen LogP) is 4.91. The number of methoxy groups -OCH3 is 1. The van der Waals surface area contributed by atoms with Crippen molar-refractivity contribution < 1.29 is 31.9 Å². The Kier molecular flexibility index (Phi) is 9.73. The van der Waals surface area contributed by atoms with Crippen LogP contribution in [0.1, 0.15) is 30.7 Å². The Balaban J connectivity index is 1.58. The van der Waals surface area contributed by atoms with Gasteiger partial charge in [-0.2, -0.15) is 18.3 Å². The van der Waals surface area contributed by atoms with Crippen molar-refractivity contribution in [2.24, 2.45) is 13.0 Å². The van der Waals surface area contributed by atoms with E-state index in [2.05, 4.69) is 5.10 Å². The molecule has 3 aromatic rings. The molecule has 46 heavy (non-hydrogen) atoms. The summed E-state index contributed by atoms with van der Waals surface area (Å²) in [6.07, 6.45) is -5.38. The minimum absolute atomic E-state index is 0.0243. The molecule has 0 spiro atoms. The van der Waals surface area contributed by atoms with Crippen molar-refractivity contribution in [3.63, 3.8) is 0 Å². The predicted molar refractivity (Wildman–Crippen MR) is 165 cm³/mol. The fourth-order valence-corrected chi connectivity index (χ4v) is 6.66. The van der Waals surface area contributed by atoms with E-state index in [0.29, 0.717) is 47.2 Å². The summed E-state index contributed by atoms with van der Waals surface area (Å²) in [5.41, 5.74) is 0.563. The molecule has 0 aliphatic carbocycles. The lowest BCUT2D eigenvalue weighted by atomic mass is 9.86. The van der Waals surface area contributed by atoms with Crippen LogP contribution in [0.2, 0.25) is 5.02 Å². The van der Waals surface area contributed by atoms with Gasteiger partial charge >= 0.3 is 12.1 Å². The monoisotopic (exact) mass is 664 g/mol. The summed E-state index contributed by atoms with van der Waals surface area (Å²) in [5, 5.41) is 4.80. The highest BCUT2D eigenvalue weighted by atomic mass is 35.5. The zero-order valence-corrected chi connectivity index (χ0v) is 26.2. The number of rotatable bonds is 6. The number of hydrogen-bond acceptors (Lipinski definition) is 6. The molecule has 2 aromatic carbocycles. The molecule has 3 heterocycles. The first-order chi connectivity index (χ1) is 21.8. The highest BCUT2D eigenvalue weighted by molar-refractivity contribution is 6.30. The molecular weight excluding hydrogens is 630 g/mol. The average Bonchev–Trinajstić information content (AvgIpc) is 3.43. The van der Waals surface area contributed by atoms with Gasteiger partial charge in [-0.05, 0) is 42.7 Å². The molecule has 2 saturated heterocycles. The minimum Gasteiger partial charge on any atom is -0.497 e. The number of benzene rings is 2. The van der Waals surface area contributed by atoms with Crippen LogP contribution in [0.25, 0.3) is 0 Å². The third kappa shape index (κ3) is 7.05. The molecule has 0 radical (unpaired) electrons. The van der Waals surface area contributed by atoms with E-state index in [-0.39, 0.29) is 48.7 Å². The summed E-state index contributed by atoms with van der Waals surface area (Å²) in [6, 6.07) is 14.1. The number of anilines is 1. The average molecular weight is 665 g/mol. The largest absolute Gasteiger partial charge is 0.497 e. The van der Waals surface area contributed by atoms with Gasteiger partial charge in [-0.3, -0.25) is 9.59 Å². The molecular formula is C32H35ClF4N5O4+. The van der Waals surface area contributed by atoms with Crippen LogP contribution in [0.15, 0.2) is 59.4 Å². The third-order valence-electron chi connectivity index (χ3n) is 8.93. The van der Waals surface area contributed by atoms with E-state index in [9.17, 15) is 22.8 Å². The Hall–Kier alpha value is -3.97. The van der Waals surface area contributed by atoms with E-state index in [4.69, 9.17) is 16.3 Å². The number of ether oxygens (including phenoxy) is 1. The van der Waals surface area contributed by atoms with E-state index in [1.54, 1.807) is 42.5 Å². The molecule has 2 fully saturated rings. The second-order valence-electron chi connectivity index (χ2n) is 11.8. The van der Waals surface area contributed by atoms with E-state index < -0.39 is 36.2 Å².